The van der Waals surface area contributed by atoms with Crippen LogP contribution in [0.4, 0.5) is 4.79 Å². The summed E-state index contributed by atoms with van der Waals surface area (Å²) in [5.74, 6) is -2.29. The van der Waals surface area contributed by atoms with Crippen LogP contribution in [-0.2, 0) is 9.59 Å². The van der Waals surface area contributed by atoms with Gasteiger partial charge < -0.3 is 20.4 Å². The average molecular weight is 300 g/mol. The van der Waals surface area contributed by atoms with Crippen molar-refractivity contribution in [3.63, 3.8) is 0 Å². The zero-order chi connectivity index (χ0) is 15.8. The maximum atomic E-state index is 12.1. The van der Waals surface area contributed by atoms with Crippen LogP contribution in [0.3, 0.4) is 0 Å². The molecule has 1 aliphatic rings. The summed E-state index contributed by atoms with van der Waals surface area (Å²) in [5, 5.41) is 20.1. The molecular weight excluding hydrogens is 276 g/mol. The van der Waals surface area contributed by atoms with Crippen molar-refractivity contribution >= 4 is 18.0 Å². The van der Waals surface area contributed by atoms with Crippen molar-refractivity contribution in [3.8, 4) is 0 Å². The molecule has 7 heteroatoms. The normalized spacial score (nSPS) is 17.6. The molecule has 0 aromatic rings. The fourth-order valence-electron chi connectivity index (χ4n) is 2.59. The third-order valence-electron chi connectivity index (χ3n) is 3.94. The molecular formula is C14H24N2O5. The highest BCUT2D eigenvalue weighted by Gasteiger charge is 2.26. The summed E-state index contributed by atoms with van der Waals surface area (Å²) in [4.78, 5) is 35.3. The van der Waals surface area contributed by atoms with E-state index in [1.807, 2.05) is 0 Å². The second-order valence-electron chi connectivity index (χ2n) is 5.53. The number of hydrogen-bond donors (Lipinski definition) is 3. The van der Waals surface area contributed by atoms with Crippen LogP contribution < -0.4 is 5.32 Å². The Balaban J connectivity index is 2.54. The number of rotatable bonds is 6. The second kappa shape index (κ2) is 8.49. The highest BCUT2D eigenvalue weighted by Crippen LogP contribution is 2.21. The summed E-state index contributed by atoms with van der Waals surface area (Å²) in [6, 6.07) is -1.48. The van der Waals surface area contributed by atoms with Gasteiger partial charge in [0.1, 0.15) is 6.04 Å². The number of carbonyl (C=O) groups excluding carboxylic acids is 1. The van der Waals surface area contributed by atoms with Crippen molar-refractivity contribution in [3.05, 3.63) is 0 Å². The Bertz CT molecular complexity index is 378. The van der Waals surface area contributed by atoms with Crippen LogP contribution in [0.1, 0.15) is 51.4 Å². The Morgan fingerprint density at radius 3 is 2.19 bits per heavy atom. The number of carboxylic acid groups (broad SMARTS) is 2. The minimum absolute atomic E-state index is 0.116. The number of hydrogen-bond acceptors (Lipinski definition) is 3. The molecule has 7 nitrogen and oxygen atoms in total. The van der Waals surface area contributed by atoms with E-state index in [0.29, 0.717) is 0 Å². The number of carbonyl (C=O) groups is 3. The molecule has 0 bridgehead atoms. The number of nitrogens with zero attached hydrogens (tertiary/aromatic N) is 1. The van der Waals surface area contributed by atoms with Crippen LogP contribution >= 0.6 is 0 Å². The molecule has 0 radical (unpaired) electrons. The van der Waals surface area contributed by atoms with Crippen LogP contribution in [0, 0.1) is 0 Å². The molecule has 1 atom stereocenters. The van der Waals surface area contributed by atoms with Gasteiger partial charge in [-0.2, -0.15) is 0 Å². The molecule has 21 heavy (non-hydrogen) atoms. The maximum absolute atomic E-state index is 12.1. The van der Waals surface area contributed by atoms with Gasteiger partial charge >= 0.3 is 18.0 Å². The van der Waals surface area contributed by atoms with Crippen molar-refractivity contribution in [1.29, 1.82) is 0 Å². The van der Waals surface area contributed by atoms with Crippen molar-refractivity contribution in [2.75, 3.05) is 7.05 Å². The molecule has 1 rings (SSSR count). The van der Waals surface area contributed by atoms with E-state index in [0.717, 1.165) is 25.7 Å². The van der Waals surface area contributed by atoms with Gasteiger partial charge in [0, 0.05) is 19.5 Å². The van der Waals surface area contributed by atoms with Gasteiger partial charge in [0.2, 0.25) is 0 Å². The van der Waals surface area contributed by atoms with Gasteiger partial charge in [0.05, 0.1) is 0 Å². The van der Waals surface area contributed by atoms with E-state index in [2.05, 4.69) is 5.32 Å². The van der Waals surface area contributed by atoms with E-state index in [4.69, 9.17) is 10.2 Å². The maximum Gasteiger partial charge on any atom is 0.326 e. The molecule has 1 aliphatic carbocycles. The number of carboxylic acids is 2. The van der Waals surface area contributed by atoms with E-state index in [1.165, 1.54) is 12.8 Å². The van der Waals surface area contributed by atoms with Gasteiger partial charge in [0.25, 0.3) is 0 Å². The SMILES string of the molecule is CN(C(=O)NC(CCC(=O)O)C(=O)O)C1CCCCCC1. The predicted octanol–water partition coefficient (Wildman–Crippen LogP) is 1.67. The molecule has 120 valence electrons. The quantitative estimate of drug-likeness (QED) is 0.647. The lowest BCUT2D eigenvalue weighted by Gasteiger charge is -2.28. The van der Waals surface area contributed by atoms with Gasteiger partial charge in [-0.05, 0) is 19.3 Å². The average Bonchev–Trinajstić information content (AvgIpc) is 2.70. The first kappa shape index (κ1) is 17.3. The zero-order valence-electron chi connectivity index (χ0n) is 12.4. The van der Waals surface area contributed by atoms with Gasteiger partial charge in [-0.25, -0.2) is 9.59 Å². The van der Waals surface area contributed by atoms with E-state index < -0.39 is 24.0 Å². The van der Waals surface area contributed by atoms with E-state index in [-0.39, 0.29) is 18.9 Å². The first-order valence-corrected chi connectivity index (χ1v) is 7.39. The van der Waals surface area contributed by atoms with Crippen LogP contribution in [0.15, 0.2) is 0 Å². The van der Waals surface area contributed by atoms with E-state index in [9.17, 15) is 14.4 Å². The van der Waals surface area contributed by atoms with Crippen LogP contribution in [0.5, 0.6) is 0 Å². The minimum atomic E-state index is -1.21. The lowest BCUT2D eigenvalue weighted by molar-refractivity contribution is -0.140. The fraction of sp³-hybridized carbons (Fsp3) is 0.786. The van der Waals surface area contributed by atoms with Gasteiger partial charge in [-0.15, -0.1) is 0 Å². The molecule has 0 aliphatic heterocycles. The van der Waals surface area contributed by atoms with Gasteiger partial charge in [-0.1, -0.05) is 25.7 Å². The number of amides is 2. The standard InChI is InChI=1S/C14H24N2O5/c1-16(10-6-4-2-3-5-7-10)14(21)15-11(13(19)20)8-9-12(17)18/h10-11H,2-9H2,1H3,(H,15,21)(H,17,18)(H,19,20). The summed E-state index contributed by atoms with van der Waals surface area (Å²) in [5.41, 5.74) is 0. The summed E-state index contributed by atoms with van der Waals surface area (Å²) < 4.78 is 0. The Morgan fingerprint density at radius 1 is 1.14 bits per heavy atom. The third kappa shape index (κ3) is 6.01. The van der Waals surface area contributed by atoms with Crippen LogP contribution in [0.25, 0.3) is 0 Å². The van der Waals surface area contributed by atoms with Crippen molar-refractivity contribution in [2.24, 2.45) is 0 Å². The Kier molecular flexibility index (Phi) is 6.98. The lowest BCUT2D eigenvalue weighted by atomic mass is 10.1. The summed E-state index contributed by atoms with van der Waals surface area (Å²) in [6.45, 7) is 0. The van der Waals surface area contributed by atoms with Crippen molar-refractivity contribution in [2.45, 2.75) is 63.5 Å². The van der Waals surface area contributed by atoms with Gasteiger partial charge in [0.15, 0.2) is 0 Å². The highest BCUT2D eigenvalue weighted by atomic mass is 16.4. The molecule has 1 unspecified atom stereocenters. The Morgan fingerprint density at radius 2 is 1.71 bits per heavy atom. The summed E-state index contributed by atoms with van der Waals surface area (Å²) in [7, 11) is 1.67. The number of urea groups is 1. The summed E-state index contributed by atoms with van der Waals surface area (Å²) in [6.07, 6.45) is 5.94. The van der Waals surface area contributed by atoms with Crippen molar-refractivity contribution in [1.82, 2.24) is 10.2 Å². The molecule has 1 fully saturated rings. The predicted molar refractivity (Wildman–Crippen MR) is 76.1 cm³/mol. The molecule has 0 aromatic carbocycles. The molecule has 2 amide bonds. The molecule has 0 spiro atoms. The molecule has 0 heterocycles. The van der Waals surface area contributed by atoms with Crippen molar-refractivity contribution < 1.29 is 24.6 Å². The third-order valence-corrected chi connectivity index (χ3v) is 3.94. The van der Waals surface area contributed by atoms with Crippen LogP contribution in [0.2, 0.25) is 0 Å². The zero-order valence-corrected chi connectivity index (χ0v) is 12.4. The largest absolute Gasteiger partial charge is 0.481 e. The second-order valence-corrected chi connectivity index (χ2v) is 5.53. The lowest BCUT2D eigenvalue weighted by Crippen LogP contribution is -2.49. The van der Waals surface area contributed by atoms with E-state index >= 15 is 0 Å². The highest BCUT2D eigenvalue weighted by molar-refractivity contribution is 5.83. The molecule has 0 aromatic heterocycles. The first-order valence-electron chi connectivity index (χ1n) is 7.39. The van der Waals surface area contributed by atoms with Gasteiger partial charge in [-0.3, -0.25) is 4.79 Å². The van der Waals surface area contributed by atoms with Crippen LogP contribution in [-0.4, -0.2) is 52.2 Å². The Hall–Kier alpha value is -1.79. The monoisotopic (exact) mass is 300 g/mol. The topological polar surface area (TPSA) is 107 Å². The first-order chi connectivity index (χ1) is 9.91. The van der Waals surface area contributed by atoms with E-state index in [1.54, 1.807) is 11.9 Å². The smallest absolute Gasteiger partial charge is 0.326 e. The molecule has 1 saturated carbocycles. The summed E-state index contributed by atoms with van der Waals surface area (Å²) >= 11 is 0. The number of nitrogens with one attached hydrogen (secondary N) is 1. The fourth-order valence-corrected chi connectivity index (χ4v) is 2.59. The molecule has 0 saturated heterocycles. The Labute approximate surface area is 124 Å². The minimum Gasteiger partial charge on any atom is -0.481 e. The number of aliphatic carboxylic acids is 2. The molecule has 3 N–H and O–H groups in total.